The molecule has 7 unspecified atom stereocenters. The lowest BCUT2D eigenvalue weighted by molar-refractivity contribution is -0.302. The Morgan fingerprint density at radius 2 is 0.923 bits per heavy atom. The van der Waals surface area contributed by atoms with E-state index in [2.05, 4.69) is 79.9 Å². The summed E-state index contributed by atoms with van der Waals surface area (Å²) in [6.45, 7) is 3.72. The molecule has 6 N–H and O–H groups in total. The highest BCUT2D eigenvalue weighted by molar-refractivity contribution is 5.76. The molecule has 65 heavy (non-hydrogen) atoms. The molecule has 9 nitrogen and oxygen atoms in total. The number of nitrogens with one attached hydrogen (secondary N) is 1. The number of carbonyl (C=O) groups excluding carboxylic acids is 1. The van der Waals surface area contributed by atoms with Crippen molar-refractivity contribution in [3.05, 3.63) is 72.9 Å². The van der Waals surface area contributed by atoms with E-state index >= 15 is 0 Å². The van der Waals surface area contributed by atoms with Crippen LogP contribution < -0.4 is 5.32 Å². The molecule has 0 bridgehead atoms. The van der Waals surface area contributed by atoms with Gasteiger partial charge in [-0.05, 0) is 83.5 Å². The molecule has 9 heteroatoms. The van der Waals surface area contributed by atoms with Crippen molar-refractivity contribution < 1.29 is 39.8 Å². The summed E-state index contributed by atoms with van der Waals surface area (Å²) in [6.07, 6.45) is 55.2. The minimum Gasteiger partial charge on any atom is -0.394 e. The van der Waals surface area contributed by atoms with Gasteiger partial charge in [0.1, 0.15) is 24.4 Å². The molecule has 1 fully saturated rings. The summed E-state index contributed by atoms with van der Waals surface area (Å²) in [5, 5.41) is 54.4. The second kappa shape index (κ2) is 45.4. The van der Waals surface area contributed by atoms with Crippen molar-refractivity contribution in [2.45, 2.75) is 262 Å². The van der Waals surface area contributed by atoms with E-state index in [1.807, 2.05) is 6.08 Å². The van der Waals surface area contributed by atoms with Crippen molar-refractivity contribution in [1.29, 1.82) is 0 Å². The van der Waals surface area contributed by atoms with Crippen LogP contribution in [0.3, 0.4) is 0 Å². The number of aliphatic hydroxyl groups is 5. The Hall–Kier alpha value is -2.37. The van der Waals surface area contributed by atoms with Crippen LogP contribution >= 0.6 is 0 Å². The largest absolute Gasteiger partial charge is 0.394 e. The van der Waals surface area contributed by atoms with E-state index < -0.39 is 49.5 Å². The summed E-state index contributed by atoms with van der Waals surface area (Å²) in [7, 11) is 0. The van der Waals surface area contributed by atoms with Gasteiger partial charge in [0.2, 0.25) is 5.91 Å². The lowest BCUT2D eigenvalue weighted by Gasteiger charge is -2.40. The van der Waals surface area contributed by atoms with Crippen molar-refractivity contribution >= 4 is 5.91 Å². The van der Waals surface area contributed by atoms with Crippen LogP contribution in [-0.2, 0) is 14.3 Å². The highest BCUT2D eigenvalue weighted by atomic mass is 16.7. The fourth-order valence-corrected chi connectivity index (χ4v) is 7.96. The van der Waals surface area contributed by atoms with E-state index in [4.69, 9.17) is 9.47 Å². The number of amides is 1. The minimum atomic E-state index is -1.58. The number of unbranched alkanes of at least 4 members (excludes halogenated alkanes) is 24. The second-order valence-corrected chi connectivity index (χ2v) is 18.3. The molecule has 0 aliphatic carbocycles. The first-order chi connectivity index (χ1) is 31.8. The quantitative estimate of drug-likeness (QED) is 0.0261. The Bertz CT molecular complexity index is 1240. The third-order valence-corrected chi connectivity index (χ3v) is 12.2. The number of hydrogen-bond acceptors (Lipinski definition) is 8. The van der Waals surface area contributed by atoms with Gasteiger partial charge in [-0.3, -0.25) is 4.79 Å². The molecule has 0 saturated carbocycles. The number of aliphatic hydroxyl groups excluding tert-OH is 5. The number of carbonyl (C=O) groups is 1. The highest BCUT2D eigenvalue weighted by Crippen LogP contribution is 2.22. The monoisotopic (exact) mass is 914 g/mol. The van der Waals surface area contributed by atoms with Crippen LogP contribution in [-0.4, -0.2) is 87.5 Å². The van der Waals surface area contributed by atoms with E-state index in [1.54, 1.807) is 6.08 Å². The summed E-state index contributed by atoms with van der Waals surface area (Å²) in [5.74, 6) is -0.205. The lowest BCUT2D eigenvalue weighted by Crippen LogP contribution is -2.60. The first-order valence-corrected chi connectivity index (χ1v) is 26.7. The first-order valence-electron chi connectivity index (χ1n) is 26.7. The SMILES string of the molecule is CCCCC/C=C\C/C=C\C/C=C\CCCCCCCCC(=O)NC(COC1OC(CO)C(O)C(O)C1O)C(O)/C=C/CC/C=C/CC/C=C/CCCCCCCCCCCCCCC. The minimum absolute atomic E-state index is 0.205. The van der Waals surface area contributed by atoms with Crippen molar-refractivity contribution in [3.8, 4) is 0 Å². The van der Waals surface area contributed by atoms with Gasteiger partial charge in [0.15, 0.2) is 6.29 Å². The summed E-state index contributed by atoms with van der Waals surface area (Å²) < 4.78 is 11.2. The molecular formula is C56H99NO8. The predicted molar refractivity (Wildman–Crippen MR) is 272 cm³/mol. The standard InChI is InChI=1S/C56H99NO8/c1-3-5-7-9-11-13-15-17-19-21-23-24-25-26-28-29-31-33-35-37-39-41-43-45-50(59)49(48-64-56-55(63)54(62)53(61)51(47-58)65-56)57-52(60)46-44-42-40-38-36-34-32-30-27-22-20-18-16-14-12-10-8-6-4-2/h12,14,18,20,27-30,35,37,43,45,49-51,53-56,58-59,61-63H,3-11,13,15-17,19,21-26,31-34,36,38-42,44,46-48H2,1-2H3,(H,57,60)/b14-12-,20-18-,29-28+,30-27-,37-35+,45-43+. The fraction of sp³-hybridized carbons (Fsp3) is 0.768. The van der Waals surface area contributed by atoms with Gasteiger partial charge in [-0.25, -0.2) is 0 Å². The summed E-state index contributed by atoms with van der Waals surface area (Å²) >= 11 is 0. The predicted octanol–water partition coefficient (Wildman–Crippen LogP) is 12.5. The van der Waals surface area contributed by atoms with Gasteiger partial charge in [0.05, 0.1) is 25.4 Å². The zero-order valence-electron chi connectivity index (χ0n) is 41.5. The van der Waals surface area contributed by atoms with Gasteiger partial charge < -0.3 is 40.3 Å². The third kappa shape index (κ3) is 35.4. The molecule has 1 aliphatic heterocycles. The van der Waals surface area contributed by atoms with Gasteiger partial charge in [0, 0.05) is 6.42 Å². The van der Waals surface area contributed by atoms with Crippen LogP contribution in [0.15, 0.2) is 72.9 Å². The van der Waals surface area contributed by atoms with Gasteiger partial charge >= 0.3 is 0 Å². The first kappa shape index (κ1) is 60.6. The third-order valence-electron chi connectivity index (χ3n) is 12.2. The molecule has 0 spiro atoms. The number of allylic oxidation sites excluding steroid dienone is 11. The molecule has 1 heterocycles. The molecule has 0 radical (unpaired) electrons. The van der Waals surface area contributed by atoms with Crippen molar-refractivity contribution in [3.63, 3.8) is 0 Å². The number of hydrogen-bond donors (Lipinski definition) is 6. The molecule has 1 rings (SSSR count). The second-order valence-electron chi connectivity index (χ2n) is 18.3. The Kier molecular flexibility index (Phi) is 42.4. The smallest absolute Gasteiger partial charge is 0.220 e. The topological polar surface area (TPSA) is 149 Å². The van der Waals surface area contributed by atoms with Crippen LogP contribution in [0.5, 0.6) is 0 Å². The zero-order chi connectivity index (χ0) is 47.3. The van der Waals surface area contributed by atoms with Gasteiger partial charge in [-0.1, -0.05) is 202 Å². The molecule has 1 saturated heterocycles. The van der Waals surface area contributed by atoms with Gasteiger partial charge in [-0.2, -0.15) is 0 Å². The van der Waals surface area contributed by atoms with E-state index in [0.29, 0.717) is 6.42 Å². The van der Waals surface area contributed by atoms with Crippen LogP contribution in [0.1, 0.15) is 219 Å². The van der Waals surface area contributed by atoms with Crippen molar-refractivity contribution in [2.75, 3.05) is 13.2 Å². The molecular weight excluding hydrogens is 815 g/mol. The van der Waals surface area contributed by atoms with Crippen molar-refractivity contribution in [2.24, 2.45) is 0 Å². The Labute approximate surface area is 398 Å². The Morgan fingerprint density at radius 3 is 1.43 bits per heavy atom. The molecule has 0 aromatic rings. The van der Waals surface area contributed by atoms with Crippen LogP contribution in [0.2, 0.25) is 0 Å². The maximum Gasteiger partial charge on any atom is 0.220 e. The maximum atomic E-state index is 13.0. The van der Waals surface area contributed by atoms with Gasteiger partial charge in [0.25, 0.3) is 0 Å². The fourth-order valence-electron chi connectivity index (χ4n) is 7.96. The zero-order valence-corrected chi connectivity index (χ0v) is 41.5. The molecule has 376 valence electrons. The van der Waals surface area contributed by atoms with Crippen molar-refractivity contribution in [1.82, 2.24) is 5.32 Å². The Morgan fingerprint density at radius 1 is 0.523 bits per heavy atom. The Balaban J connectivity index is 2.34. The summed E-state index contributed by atoms with van der Waals surface area (Å²) in [4.78, 5) is 13.0. The van der Waals surface area contributed by atoms with Crippen LogP contribution in [0, 0.1) is 0 Å². The van der Waals surface area contributed by atoms with E-state index in [-0.39, 0.29) is 12.5 Å². The summed E-state index contributed by atoms with van der Waals surface area (Å²) in [6, 6.07) is -0.839. The molecule has 1 aliphatic rings. The van der Waals surface area contributed by atoms with E-state index in [1.165, 1.54) is 116 Å². The maximum absolute atomic E-state index is 13.0. The molecule has 1 amide bonds. The lowest BCUT2D eigenvalue weighted by atomic mass is 9.99. The van der Waals surface area contributed by atoms with Crippen LogP contribution in [0.4, 0.5) is 0 Å². The average molecular weight is 914 g/mol. The highest BCUT2D eigenvalue weighted by Gasteiger charge is 2.44. The van der Waals surface area contributed by atoms with Gasteiger partial charge in [-0.15, -0.1) is 0 Å². The van der Waals surface area contributed by atoms with Crippen LogP contribution in [0.25, 0.3) is 0 Å². The summed E-state index contributed by atoms with van der Waals surface area (Å²) in [5.41, 5.74) is 0. The number of ether oxygens (including phenoxy) is 2. The normalized spacial score (nSPS) is 20.5. The van der Waals surface area contributed by atoms with E-state index in [0.717, 1.165) is 83.5 Å². The molecule has 0 aromatic carbocycles. The average Bonchev–Trinajstić information content (AvgIpc) is 3.31. The molecule has 0 aromatic heterocycles. The number of rotatable bonds is 44. The van der Waals surface area contributed by atoms with E-state index in [9.17, 15) is 30.3 Å². The molecule has 7 atom stereocenters.